The largest absolute Gasteiger partial charge is 0.490 e. The number of benzene rings is 1. The molecule has 166 valence electrons. The number of ether oxygens (including phenoxy) is 2. The summed E-state index contributed by atoms with van der Waals surface area (Å²) in [7, 11) is 0. The molecule has 4 rings (SSSR count). The summed E-state index contributed by atoms with van der Waals surface area (Å²) in [5, 5.41) is 9.80. The topological polar surface area (TPSA) is 62.2 Å². The van der Waals surface area contributed by atoms with Gasteiger partial charge in [-0.1, -0.05) is 6.42 Å². The van der Waals surface area contributed by atoms with Crippen molar-refractivity contribution in [2.45, 2.75) is 77.0 Å². The van der Waals surface area contributed by atoms with Gasteiger partial charge in [0.1, 0.15) is 11.9 Å². The molecule has 2 aliphatic heterocycles. The van der Waals surface area contributed by atoms with Gasteiger partial charge in [-0.2, -0.15) is 0 Å². The van der Waals surface area contributed by atoms with Gasteiger partial charge in [-0.15, -0.1) is 0 Å². The van der Waals surface area contributed by atoms with E-state index in [1.165, 1.54) is 32.4 Å². The second-order valence-corrected chi connectivity index (χ2v) is 9.01. The number of carboxylic acid groups (broad SMARTS) is 1. The van der Waals surface area contributed by atoms with Crippen LogP contribution in [-0.4, -0.2) is 67.0 Å². The maximum Gasteiger partial charge on any atom is 0.336 e. The molecule has 0 amide bonds. The summed E-state index contributed by atoms with van der Waals surface area (Å²) in [4.78, 5) is 16.9. The molecule has 3 fully saturated rings. The van der Waals surface area contributed by atoms with Crippen molar-refractivity contribution in [2.75, 3.05) is 37.7 Å². The SMILES string of the molecule is CCN(c1cc(O[C@H]2C[C@H](N3CCCCC3)C2)cc(C(=O)O)c1C)C1CCOCC1. The van der Waals surface area contributed by atoms with Gasteiger partial charge in [0.05, 0.1) is 5.56 Å². The van der Waals surface area contributed by atoms with E-state index in [0.717, 1.165) is 56.7 Å². The first kappa shape index (κ1) is 21.4. The Balaban J connectivity index is 1.49. The van der Waals surface area contributed by atoms with E-state index in [1.807, 2.05) is 6.92 Å². The average Bonchev–Trinajstić information content (AvgIpc) is 2.74. The van der Waals surface area contributed by atoms with Crippen LogP contribution in [0.25, 0.3) is 0 Å². The Morgan fingerprint density at radius 3 is 2.53 bits per heavy atom. The van der Waals surface area contributed by atoms with Crippen LogP contribution in [-0.2, 0) is 4.74 Å². The van der Waals surface area contributed by atoms with Gasteiger partial charge in [0.15, 0.2) is 0 Å². The number of carboxylic acids is 1. The zero-order valence-corrected chi connectivity index (χ0v) is 18.4. The zero-order valence-electron chi connectivity index (χ0n) is 18.4. The zero-order chi connectivity index (χ0) is 21.1. The molecule has 1 aliphatic carbocycles. The molecule has 0 atom stereocenters. The van der Waals surface area contributed by atoms with Crippen molar-refractivity contribution in [1.82, 2.24) is 4.90 Å². The smallest absolute Gasteiger partial charge is 0.336 e. The van der Waals surface area contributed by atoms with Gasteiger partial charge >= 0.3 is 5.97 Å². The molecular weight excluding hydrogens is 380 g/mol. The highest BCUT2D eigenvalue weighted by Gasteiger charge is 2.36. The Hall–Kier alpha value is -1.79. The highest BCUT2D eigenvalue weighted by Crippen LogP contribution is 2.36. The van der Waals surface area contributed by atoms with E-state index in [0.29, 0.717) is 23.4 Å². The van der Waals surface area contributed by atoms with Crippen LogP contribution < -0.4 is 9.64 Å². The van der Waals surface area contributed by atoms with Gasteiger partial charge in [-0.3, -0.25) is 0 Å². The number of aromatic carboxylic acids is 1. The van der Waals surface area contributed by atoms with Gasteiger partial charge in [0, 0.05) is 56.4 Å². The third-order valence-electron chi connectivity index (χ3n) is 7.15. The number of hydrogen-bond donors (Lipinski definition) is 1. The number of piperidine rings is 1. The lowest BCUT2D eigenvalue weighted by molar-refractivity contribution is 0.00884. The van der Waals surface area contributed by atoms with Gasteiger partial charge in [-0.25, -0.2) is 4.79 Å². The van der Waals surface area contributed by atoms with E-state index < -0.39 is 5.97 Å². The third kappa shape index (κ3) is 4.59. The number of anilines is 1. The van der Waals surface area contributed by atoms with Crippen molar-refractivity contribution >= 4 is 11.7 Å². The van der Waals surface area contributed by atoms with Crippen LogP contribution in [0.2, 0.25) is 0 Å². The van der Waals surface area contributed by atoms with Crippen molar-refractivity contribution in [1.29, 1.82) is 0 Å². The summed E-state index contributed by atoms with van der Waals surface area (Å²) in [6.07, 6.45) is 8.20. The van der Waals surface area contributed by atoms with E-state index in [4.69, 9.17) is 9.47 Å². The molecule has 0 radical (unpaired) electrons. The molecule has 1 saturated carbocycles. The first-order valence-electron chi connectivity index (χ1n) is 11.7. The van der Waals surface area contributed by atoms with E-state index in [-0.39, 0.29) is 6.10 Å². The number of nitrogens with zero attached hydrogens (tertiary/aromatic N) is 2. The summed E-state index contributed by atoms with van der Waals surface area (Å²) in [6.45, 7) is 8.86. The Kier molecular flexibility index (Phi) is 6.84. The maximum absolute atomic E-state index is 11.9. The Morgan fingerprint density at radius 2 is 1.90 bits per heavy atom. The second kappa shape index (κ2) is 9.56. The van der Waals surface area contributed by atoms with Crippen LogP contribution >= 0.6 is 0 Å². The summed E-state index contributed by atoms with van der Waals surface area (Å²) < 4.78 is 11.8. The Labute approximate surface area is 180 Å². The number of likely N-dealkylation sites (tertiary alicyclic amines) is 1. The van der Waals surface area contributed by atoms with Crippen molar-refractivity contribution in [2.24, 2.45) is 0 Å². The quantitative estimate of drug-likeness (QED) is 0.722. The molecule has 6 heteroatoms. The molecule has 1 aromatic rings. The number of hydrogen-bond acceptors (Lipinski definition) is 5. The van der Waals surface area contributed by atoms with Crippen LogP contribution in [0.15, 0.2) is 12.1 Å². The van der Waals surface area contributed by atoms with Crippen molar-refractivity contribution < 1.29 is 19.4 Å². The van der Waals surface area contributed by atoms with E-state index in [9.17, 15) is 9.90 Å². The highest BCUT2D eigenvalue weighted by molar-refractivity contribution is 5.92. The standard InChI is InChI=1S/C24H36N2O4/c1-3-26(18-7-11-29-12-8-18)23-16-21(15-22(17(23)2)24(27)28)30-20-13-19(14-20)25-9-5-4-6-10-25/h15-16,18-20H,3-14H2,1-2H3,(H,27,28)/t19-,20-. The van der Waals surface area contributed by atoms with Crippen molar-refractivity contribution in [3.05, 3.63) is 23.3 Å². The lowest BCUT2D eigenvalue weighted by Crippen LogP contribution is -2.50. The van der Waals surface area contributed by atoms with Gasteiger partial charge in [0.2, 0.25) is 0 Å². The Morgan fingerprint density at radius 1 is 1.20 bits per heavy atom. The fourth-order valence-electron chi connectivity index (χ4n) is 5.29. The summed E-state index contributed by atoms with van der Waals surface area (Å²) >= 11 is 0. The second-order valence-electron chi connectivity index (χ2n) is 9.01. The molecule has 30 heavy (non-hydrogen) atoms. The van der Waals surface area contributed by atoms with Crippen molar-refractivity contribution in [3.8, 4) is 5.75 Å². The van der Waals surface area contributed by atoms with Crippen molar-refractivity contribution in [3.63, 3.8) is 0 Å². The van der Waals surface area contributed by atoms with Gasteiger partial charge in [0.25, 0.3) is 0 Å². The van der Waals surface area contributed by atoms with Crippen LogP contribution in [0.4, 0.5) is 5.69 Å². The number of carbonyl (C=O) groups is 1. The average molecular weight is 417 g/mol. The summed E-state index contributed by atoms with van der Waals surface area (Å²) in [5.74, 6) is -0.192. The molecule has 6 nitrogen and oxygen atoms in total. The minimum Gasteiger partial charge on any atom is -0.490 e. The van der Waals surface area contributed by atoms with E-state index in [2.05, 4.69) is 22.8 Å². The third-order valence-corrected chi connectivity index (χ3v) is 7.15. The first-order chi connectivity index (χ1) is 14.6. The van der Waals surface area contributed by atoms with Crippen LogP contribution in [0.3, 0.4) is 0 Å². The highest BCUT2D eigenvalue weighted by atomic mass is 16.5. The molecule has 1 aromatic carbocycles. The van der Waals surface area contributed by atoms with E-state index >= 15 is 0 Å². The minimum absolute atomic E-state index is 0.187. The minimum atomic E-state index is -0.887. The number of rotatable bonds is 7. The molecule has 0 unspecified atom stereocenters. The van der Waals surface area contributed by atoms with Crippen LogP contribution in [0.5, 0.6) is 5.75 Å². The molecule has 2 saturated heterocycles. The summed E-state index contributed by atoms with van der Waals surface area (Å²) in [5.41, 5.74) is 2.16. The maximum atomic E-state index is 11.9. The van der Waals surface area contributed by atoms with Gasteiger partial charge in [-0.05, 0) is 64.3 Å². The fraction of sp³-hybridized carbons (Fsp3) is 0.708. The van der Waals surface area contributed by atoms with Crippen LogP contribution in [0.1, 0.15) is 67.8 Å². The van der Waals surface area contributed by atoms with Gasteiger partial charge < -0.3 is 24.4 Å². The normalized spacial score (nSPS) is 25.5. The molecule has 1 N–H and O–H groups in total. The summed E-state index contributed by atoms with van der Waals surface area (Å²) in [6, 6.07) is 4.79. The first-order valence-corrected chi connectivity index (χ1v) is 11.7. The lowest BCUT2D eigenvalue weighted by atomic mass is 9.86. The predicted octanol–water partition coefficient (Wildman–Crippen LogP) is 4.09. The molecule has 0 bridgehead atoms. The fourth-order valence-corrected chi connectivity index (χ4v) is 5.29. The van der Waals surface area contributed by atoms with E-state index in [1.54, 1.807) is 6.07 Å². The molecule has 0 aromatic heterocycles. The molecule has 2 heterocycles. The Bertz CT molecular complexity index is 735. The lowest BCUT2D eigenvalue weighted by Gasteiger charge is -2.44. The molecule has 3 aliphatic rings. The molecule has 0 spiro atoms. The predicted molar refractivity (Wildman–Crippen MR) is 118 cm³/mol. The molecular formula is C24H36N2O4. The monoisotopic (exact) mass is 416 g/mol. The van der Waals surface area contributed by atoms with Crippen LogP contribution in [0, 0.1) is 6.92 Å².